The molecule has 0 bridgehead atoms. The molecule has 0 saturated carbocycles. The van der Waals surface area contributed by atoms with Crippen molar-refractivity contribution in [2.75, 3.05) is 6.61 Å². The molecule has 1 unspecified atom stereocenters. The van der Waals surface area contributed by atoms with Gasteiger partial charge in [0.15, 0.2) is 8.32 Å². The van der Waals surface area contributed by atoms with E-state index in [1.54, 1.807) is 11.3 Å². The lowest BCUT2D eigenvalue weighted by Gasteiger charge is -2.37. The van der Waals surface area contributed by atoms with Gasteiger partial charge in [-0.05, 0) is 60.9 Å². The first-order valence-corrected chi connectivity index (χ1v) is 13.5. The van der Waals surface area contributed by atoms with Crippen molar-refractivity contribution >= 4 is 46.9 Å². The van der Waals surface area contributed by atoms with Crippen molar-refractivity contribution in [1.29, 1.82) is 0 Å². The molecule has 3 nitrogen and oxygen atoms in total. The first-order chi connectivity index (χ1) is 10.2. The third kappa shape index (κ3) is 6.45. The van der Waals surface area contributed by atoms with Crippen molar-refractivity contribution < 1.29 is 8.98 Å². The Kier molecular flexibility index (Phi) is 7.43. The molecule has 1 aromatic rings. The molecule has 0 fully saturated rings. The molecule has 0 aliphatic carbocycles. The summed E-state index contributed by atoms with van der Waals surface area (Å²) < 4.78 is 22.9. The number of hydrogen-bond donors (Lipinski definition) is 1. The highest BCUT2D eigenvalue weighted by Gasteiger charge is 2.39. The predicted molar refractivity (Wildman–Crippen MR) is 109 cm³/mol. The van der Waals surface area contributed by atoms with Crippen molar-refractivity contribution in [3.05, 3.63) is 20.8 Å². The van der Waals surface area contributed by atoms with Gasteiger partial charge in [0.1, 0.15) is 10.8 Å². The SMILES string of the molecule is CC(C)(C)[S+]([O-])N[C@H](CO[Si](C)(C)C(C)(C)C)c1cc(Br)cs1. The van der Waals surface area contributed by atoms with Gasteiger partial charge in [0.25, 0.3) is 0 Å². The Morgan fingerprint density at radius 3 is 2.26 bits per heavy atom. The van der Waals surface area contributed by atoms with E-state index in [9.17, 15) is 4.55 Å². The minimum atomic E-state index is -1.84. The molecule has 1 N–H and O–H groups in total. The van der Waals surface area contributed by atoms with Crippen LogP contribution in [-0.2, 0) is 15.8 Å². The normalized spacial score (nSPS) is 16.4. The summed E-state index contributed by atoms with van der Waals surface area (Å²) in [5.74, 6) is 0. The van der Waals surface area contributed by atoms with Crippen LogP contribution in [0.4, 0.5) is 0 Å². The zero-order valence-corrected chi connectivity index (χ0v) is 19.7. The molecule has 0 aromatic carbocycles. The number of hydrogen-bond acceptors (Lipinski definition) is 4. The molecule has 0 radical (unpaired) electrons. The molecule has 1 heterocycles. The minimum absolute atomic E-state index is 0.0551. The molecule has 2 atom stereocenters. The Morgan fingerprint density at radius 2 is 1.87 bits per heavy atom. The topological polar surface area (TPSA) is 44.3 Å². The van der Waals surface area contributed by atoms with E-state index in [1.165, 1.54) is 0 Å². The molecule has 0 spiro atoms. The van der Waals surface area contributed by atoms with Gasteiger partial charge in [-0.3, -0.25) is 0 Å². The number of rotatable bonds is 6. The number of nitrogens with one attached hydrogen (secondary N) is 1. The number of halogens is 1. The van der Waals surface area contributed by atoms with Crippen LogP contribution in [0.5, 0.6) is 0 Å². The number of thiophene rings is 1. The monoisotopic (exact) mass is 439 g/mol. The van der Waals surface area contributed by atoms with Crippen molar-refractivity contribution in [3.63, 3.8) is 0 Å². The van der Waals surface area contributed by atoms with Gasteiger partial charge in [0, 0.05) is 26.1 Å². The largest absolute Gasteiger partial charge is 0.598 e. The highest BCUT2D eigenvalue weighted by atomic mass is 79.9. The standard InChI is InChI=1S/C16H30BrNO2S2Si/c1-15(2,3)22(19)18-13(14-9-12(17)11-21-14)10-20-23(7,8)16(4,5)6/h9,11,13,18H,10H2,1-8H3/t13-,22?/m1/s1. The highest BCUT2D eigenvalue weighted by Crippen LogP contribution is 2.38. The van der Waals surface area contributed by atoms with Gasteiger partial charge in [-0.15, -0.1) is 16.1 Å². The van der Waals surface area contributed by atoms with Gasteiger partial charge < -0.3 is 8.98 Å². The molecule has 0 amide bonds. The van der Waals surface area contributed by atoms with Crippen molar-refractivity contribution in [1.82, 2.24) is 4.72 Å². The van der Waals surface area contributed by atoms with Gasteiger partial charge in [-0.1, -0.05) is 20.8 Å². The van der Waals surface area contributed by atoms with Gasteiger partial charge >= 0.3 is 0 Å². The zero-order chi connectivity index (χ0) is 18.1. The Labute approximate surface area is 158 Å². The predicted octanol–water partition coefficient (Wildman–Crippen LogP) is 5.63. The van der Waals surface area contributed by atoms with E-state index in [4.69, 9.17) is 4.43 Å². The summed E-state index contributed by atoms with van der Waals surface area (Å²) in [6.07, 6.45) is 0. The quantitative estimate of drug-likeness (QED) is 0.461. The fourth-order valence-corrected chi connectivity index (χ4v) is 4.88. The Hall–Kier alpha value is 0.627. The van der Waals surface area contributed by atoms with Gasteiger partial charge in [-0.25, -0.2) is 0 Å². The van der Waals surface area contributed by atoms with E-state index in [0.717, 1.165) is 9.35 Å². The van der Waals surface area contributed by atoms with Crippen LogP contribution < -0.4 is 4.72 Å². The first-order valence-electron chi connectivity index (χ1n) is 7.80. The highest BCUT2D eigenvalue weighted by molar-refractivity contribution is 9.10. The molecule has 7 heteroatoms. The van der Waals surface area contributed by atoms with Crippen molar-refractivity contribution in [2.45, 2.75) is 70.5 Å². The van der Waals surface area contributed by atoms with Gasteiger partial charge in [0.2, 0.25) is 0 Å². The van der Waals surface area contributed by atoms with E-state index in [2.05, 4.69) is 66.0 Å². The lowest BCUT2D eigenvalue weighted by atomic mass is 10.2. The first kappa shape index (κ1) is 21.7. The van der Waals surface area contributed by atoms with Crippen molar-refractivity contribution in [3.8, 4) is 0 Å². The second-order valence-corrected chi connectivity index (χ2v) is 17.0. The Morgan fingerprint density at radius 1 is 1.30 bits per heavy atom. The van der Waals surface area contributed by atoms with E-state index in [1.807, 2.05) is 20.8 Å². The molecule has 0 aliphatic heterocycles. The van der Waals surface area contributed by atoms with E-state index < -0.39 is 19.7 Å². The third-order valence-corrected chi connectivity index (χ3v) is 12.1. The molecular weight excluding hydrogens is 410 g/mol. The lowest BCUT2D eigenvalue weighted by molar-refractivity contribution is 0.257. The van der Waals surface area contributed by atoms with Crippen LogP contribution in [0.15, 0.2) is 15.9 Å². The molecule has 1 rings (SSSR count). The van der Waals surface area contributed by atoms with Gasteiger partial charge in [0.05, 0.1) is 6.61 Å². The Bertz CT molecular complexity index is 509. The third-order valence-electron chi connectivity index (χ3n) is 4.15. The van der Waals surface area contributed by atoms with Crippen LogP contribution in [0.3, 0.4) is 0 Å². The second kappa shape index (κ2) is 7.89. The lowest BCUT2D eigenvalue weighted by Crippen LogP contribution is -2.46. The molecule has 0 saturated heterocycles. The van der Waals surface area contributed by atoms with Crippen LogP contribution in [0.1, 0.15) is 52.5 Å². The maximum absolute atomic E-state index is 12.5. The summed E-state index contributed by atoms with van der Waals surface area (Å²) in [6, 6.07) is 2.03. The molecule has 0 aliphatic rings. The summed E-state index contributed by atoms with van der Waals surface area (Å²) >= 11 is 4.03. The summed E-state index contributed by atoms with van der Waals surface area (Å²) in [5, 5.41) is 2.22. The van der Waals surface area contributed by atoms with E-state index >= 15 is 0 Å². The zero-order valence-electron chi connectivity index (χ0n) is 15.5. The van der Waals surface area contributed by atoms with Crippen LogP contribution in [0.2, 0.25) is 18.1 Å². The smallest absolute Gasteiger partial charge is 0.192 e. The fraction of sp³-hybridized carbons (Fsp3) is 0.750. The summed E-state index contributed by atoms with van der Waals surface area (Å²) in [6.45, 7) is 17.7. The average Bonchev–Trinajstić information content (AvgIpc) is 2.78. The molecular formula is C16H30BrNO2S2Si. The van der Waals surface area contributed by atoms with Gasteiger partial charge in [-0.2, -0.15) is 0 Å². The van der Waals surface area contributed by atoms with Crippen LogP contribution in [-0.4, -0.2) is 24.2 Å². The summed E-state index contributed by atoms with van der Waals surface area (Å²) in [4.78, 5) is 1.15. The van der Waals surface area contributed by atoms with Crippen LogP contribution in [0.25, 0.3) is 0 Å². The van der Waals surface area contributed by atoms with Crippen molar-refractivity contribution in [2.24, 2.45) is 0 Å². The second-order valence-electron chi connectivity index (χ2n) is 8.29. The fourth-order valence-electron chi connectivity index (χ4n) is 1.50. The summed E-state index contributed by atoms with van der Waals surface area (Å²) in [7, 11) is -1.84. The minimum Gasteiger partial charge on any atom is -0.598 e. The maximum Gasteiger partial charge on any atom is 0.192 e. The van der Waals surface area contributed by atoms with E-state index in [0.29, 0.717) is 6.61 Å². The summed E-state index contributed by atoms with van der Waals surface area (Å²) in [5.41, 5.74) is 0. The Balaban J connectivity index is 2.89. The maximum atomic E-state index is 12.5. The molecule has 23 heavy (non-hydrogen) atoms. The van der Waals surface area contributed by atoms with E-state index in [-0.39, 0.29) is 15.8 Å². The van der Waals surface area contributed by atoms with Crippen LogP contribution >= 0.6 is 27.3 Å². The molecule has 1 aromatic heterocycles. The molecule has 134 valence electrons. The van der Waals surface area contributed by atoms with Crippen LogP contribution in [0, 0.1) is 0 Å². The average molecular weight is 441 g/mol.